The molecule has 11 heavy (non-hydrogen) atoms. The van der Waals surface area contributed by atoms with Gasteiger partial charge in [-0.2, -0.15) is 0 Å². The van der Waals surface area contributed by atoms with E-state index in [9.17, 15) is 0 Å². The van der Waals surface area contributed by atoms with Crippen LogP contribution in [0, 0.1) is 0 Å². The largest absolute Gasteiger partial charge is 0.390 e. The zero-order chi connectivity index (χ0) is 7.68. The number of rotatable bonds is 0. The van der Waals surface area contributed by atoms with Crippen LogP contribution in [-0.2, 0) is 13.0 Å². The quantitative estimate of drug-likeness (QED) is 0.614. The van der Waals surface area contributed by atoms with E-state index in [-0.39, 0.29) is 0 Å². The summed E-state index contributed by atoms with van der Waals surface area (Å²) in [6, 6.07) is 0. The monoisotopic (exact) mass is 168 g/mol. The maximum Gasteiger partial charge on any atom is 0.0892 e. The molecule has 0 aromatic carbocycles. The first-order chi connectivity index (χ1) is 5.38. The molecule has 0 fully saturated rings. The van der Waals surface area contributed by atoms with Crippen LogP contribution in [0.5, 0.6) is 0 Å². The molecule has 3 N–H and O–H groups in total. The summed E-state index contributed by atoms with van der Waals surface area (Å²) < 4.78 is 0. The summed E-state index contributed by atoms with van der Waals surface area (Å²) in [4.78, 5) is 0. The van der Waals surface area contributed by atoms with Gasteiger partial charge in [0.2, 0.25) is 0 Å². The van der Waals surface area contributed by atoms with Crippen LogP contribution in [0.2, 0.25) is 0 Å². The zero-order valence-corrected chi connectivity index (χ0v) is 7.21. The minimum Gasteiger partial charge on any atom is -0.390 e. The molecule has 2 heterocycles. The fraction of sp³-hybridized carbons (Fsp3) is 0.500. The number of fused-ring (bicyclic) bond motifs is 1. The Bertz CT molecular complexity index is 255. The minimum atomic E-state index is 1.00. The summed E-state index contributed by atoms with van der Waals surface area (Å²) in [5.74, 6) is 0. The lowest BCUT2D eigenvalue weighted by Gasteiger charge is -1.96. The summed E-state index contributed by atoms with van der Waals surface area (Å²) >= 11 is 1.67. The summed E-state index contributed by atoms with van der Waals surface area (Å²) in [7, 11) is 0. The third-order valence-electron chi connectivity index (χ3n) is 2.11. The topological polar surface area (TPSA) is 38.0 Å². The Morgan fingerprint density at radius 2 is 2.45 bits per heavy atom. The van der Waals surface area contributed by atoms with Crippen LogP contribution in [0.3, 0.4) is 0 Å². The molecule has 0 atom stereocenters. The van der Waals surface area contributed by atoms with E-state index < -0.39 is 0 Å². The predicted octanol–water partition coefficient (Wildman–Crippen LogP) is 1.37. The molecule has 1 aromatic rings. The Morgan fingerprint density at radius 3 is 3.36 bits per heavy atom. The summed E-state index contributed by atoms with van der Waals surface area (Å²) in [5.41, 5.74) is 8.62. The molecule has 1 aliphatic heterocycles. The second-order valence-corrected chi connectivity index (χ2v) is 3.80. The van der Waals surface area contributed by atoms with Crippen molar-refractivity contribution >= 4 is 16.3 Å². The number of anilines is 1. The smallest absolute Gasteiger partial charge is 0.0892 e. The van der Waals surface area contributed by atoms with E-state index in [2.05, 4.69) is 10.7 Å². The molecular formula is C8H12N2S. The van der Waals surface area contributed by atoms with Crippen LogP contribution in [0.1, 0.15) is 17.5 Å². The fourth-order valence-corrected chi connectivity index (χ4v) is 2.35. The highest BCUT2D eigenvalue weighted by atomic mass is 32.1. The highest BCUT2D eigenvalue weighted by molar-refractivity contribution is 7.14. The Hall–Kier alpha value is -0.540. The van der Waals surface area contributed by atoms with Crippen LogP contribution in [0.4, 0.5) is 5.00 Å². The van der Waals surface area contributed by atoms with Crippen molar-refractivity contribution in [3.63, 3.8) is 0 Å². The van der Waals surface area contributed by atoms with Gasteiger partial charge in [0.15, 0.2) is 0 Å². The molecular weight excluding hydrogens is 156 g/mol. The Morgan fingerprint density at radius 1 is 1.55 bits per heavy atom. The molecule has 0 radical (unpaired) electrons. The van der Waals surface area contributed by atoms with Gasteiger partial charge in [-0.3, -0.25) is 0 Å². The van der Waals surface area contributed by atoms with Crippen LogP contribution in [-0.4, -0.2) is 6.54 Å². The van der Waals surface area contributed by atoms with Gasteiger partial charge in [-0.1, -0.05) is 0 Å². The lowest BCUT2D eigenvalue weighted by Crippen LogP contribution is -2.11. The number of hydrogen-bond acceptors (Lipinski definition) is 3. The molecule has 1 aliphatic rings. The van der Waals surface area contributed by atoms with E-state index >= 15 is 0 Å². The molecule has 0 bridgehead atoms. The summed E-state index contributed by atoms with van der Waals surface area (Å²) in [6.45, 7) is 2.13. The van der Waals surface area contributed by atoms with Crippen molar-refractivity contribution in [1.29, 1.82) is 0 Å². The van der Waals surface area contributed by atoms with E-state index in [1.807, 2.05) is 0 Å². The van der Waals surface area contributed by atoms with Gasteiger partial charge in [-0.25, -0.2) is 0 Å². The van der Waals surface area contributed by atoms with Crippen LogP contribution in [0.25, 0.3) is 0 Å². The molecule has 1 aromatic heterocycles. The van der Waals surface area contributed by atoms with Gasteiger partial charge in [-0.15, -0.1) is 11.3 Å². The van der Waals surface area contributed by atoms with E-state index in [0.29, 0.717) is 0 Å². The number of nitrogens with two attached hydrogens (primary N) is 1. The van der Waals surface area contributed by atoms with Gasteiger partial charge in [0.25, 0.3) is 0 Å². The van der Waals surface area contributed by atoms with Crippen molar-refractivity contribution < 1.29 is 0 Å². The van der Waals surface area contributed by atoms with E-state index in [0.717, 1.165) is 24.5 Å². The van der Waals surface area contributed by atoms with Crippen molar-refractivity contribution in [3.05, 3.63) is 16.5 Å². The number of nitrogen functional groups attached to an aromatic ring is 1. The SMILES string of the molecule is Nc1scc2c1CCCNC2. The number of nitrogens with one attached hydrogen (secondary N) is 1. The summed E-state index contributed by atoms with van der Waals surface area (Å²) in [5, 5.41) is 6.55. The molecule has 2 rings (SSSR count). The van der Waals surface area contributed by atoms with Crippen LogP contribution in [0.15, 0.2) is 5.38 Å². The highest BCUT2D eigenvalue weighted by Crippen LogP contribution is 2.27. The molecule has 60 valence electrons. The van der Waals surface area contributed by atoms with E-state index in [1.54, 1.807) is 11.3 Å². The Balaban J connectivity index is 2.35. The van der Waals surface area contributed by atoms with Crippen LogP contribution < -0.4 is 11.1 Å². The molecule has 0 saturated carbocycles. The lowest BCUT2D eigenvalue weighted by atomic mass is 10.1. The van der Waals surface area contributed by atoms with Crippen molar-refractivity contribution in [2.45, 2.75) is 19.4 Å². The standard InChI is InChI=1S/C8H12N2S/c9-8-7-2-1-3-10-4-6(7)5-11-8/h5,10H,1-4,9H2. The van der Waals surface area contributed by atoms with Crippen molar-refractivity contribution in [2.24, 2.45) is 0 Å². The lowest BCUT2D eigenvalue weighted by molar-refractivity contribution is 0.681. The van der Waals surface area contributed by atoms with Crippen molar-refractivity contribution in [1.82, 2.24) is 5.32 Å². The third kappa shape index (κ3) is 1.26. The first kappa shape index (κ1) is 7.13. The van der Waals surface area contributed by atoms with E-state index in [4.69, 9.17) is 5.73 Å². The molecule has 0 unspecified atom stereocenters. The maximum absolute atomic E-state index is 5.82. The maximum atomic E-state index is 5.82. The molecule has 0 saturated heterocycles. The van der Waals surface area contributed by atoms with Gasteiger partial charge in [0.1, 0.15) is 0 Å². The molecule has 0 aliphatic carbocycles. The average Bonchev–Trinajstić information content (AvgIpc) is 2.25. The minimum absolute atomic E-state index is 1.00. The first-order valence-corrected chi connectivity index (χ1v) is 4.81. The third-order valence-corrected chi connectivity index (χ3v) is 3.01. The van der Waals surface area contributed by atoms with Crippen molar-refractivity contribution in [2.75, 3.05) is 12.3 Å². The zero-order valence-electron chi connectivity index (χ0n) is 6.39. The molecule has 0 amide bonds. The summed E-state index contributed by atoms with van der Waals surface area (Å²) in [6.07, 6.45) is 2.37. The van der Waals surface area contributed by atoms with Gasteiger partial charge >= 0.3 is 0 Å². The Kier molecular flexibility index (Phi) is 1.84. The van der Waals surface area contributed by atoms with Gasteiger partial charge in [0, 0.05) is 6.54 Å². The van der Waals surface area contributed by atoms with Crippen LogP contribution >= 0.6 is 11.3 Å². The van der Waals surface area contributed by atoms with Crippen molar-refractivity contribution in [3.8, 4) is 0 Å². The van der Waals surface area contributed by atoms with Gasteiger partial charge in [-0.05, 0) is 35.9 Å². The van der Waals surface area contributed by atoms with Gasteiger partial charge in [0.05, 0.1) is 5.00 Å². The average molecular weight is 168 g/mol. The molecule has 0 spiro atoms. The fourth-order valence-electron chi connectivity index (χ4n) is 1.48. The van der Waals surface area contributed by atoms with Gasteiger partial charge < -0.3 is 11.1 Å². The van der Waals surface area contributed by atoms with E-state index in [1.165, 1.54) is 17.5 Å². The number of thiophene rings is 1. The second kappa shape index (κ2) is 2.83. The predicted molar refractivity (Wildman–Crippen MR) is 48.8 cm³/mol. The molecule has 3 heteroatoms. The Labute approximate surface area is 70.4 Å². The second-order valence-electron chi connectivity index (χ2n) is 2.88. The molecule has 2 nitrogen and oxygen atoms in total. The number of hydrogen-bond donors (Lipinski definition) is 2. The normalized spacial score (nSPS) is 17.5. The highest BCUT2D eigenvalue weighted by Gasteiger charge is 2.11. The first-order valence-electron chi connectivity index (χ1n) is 3.93.